The highest BCUT2D eigenvalue weighted by atomic mass is 14.9. The molecule has 0 aromatic heterocycles. The zero-order valence-corrected chi connectivity index (χ0v) is 9.58. The monoisotopic (exact) mass is 203 g/mol. The summed E-state index contributed by atoms with van der Waals surface area (Å²) in [7, 11) is 0. The normalized spacial score (nSPS) is 26.5. The molecular weight excluding hydrogens is 182 g/mol. The van der Waals surface area contributed by atoms with Crippen LogP contribution in [-0.2, 0) is 0 Å². The van der Waals surface area contributed by atoms with Crippen molar-refractivity contribution >= 4 is 0 Å². The Morgan fingerprint density at radius 1 is 1.20 bits per heavy atom. The van der Waals surface area contributed by atoms with Crippen molar-refractivity contribution in [3.63, 3.8) is 0 Å². The minimum atomic E-state index is 0.735. The van der Waals surface area contributed by atoms with E-state index in [4.69, 9.17) is 0 Å². The molecular formula is C14H21N. The summed E-state index contributed by atoms with van der Waals surface area (Å²) < 4.78 is 0. The van der Waals surface area contributed by atoms with E-state index >= 15 is 0 Å². The quantitative estimate of drug-likeness (QED) is 0.794. The lowest BCUT2D eigenvalue weighted by Crippen LogP contribution is -2.37. The average Bonchev–Trinajstić information content (AvgIpc) is 2.32. The van der Waals surface area contributed by atoms with E-state index in [-0.39, 0.29) is 0 Å². The lowest BCUT2D eigenvalue weighted by Gasteiger charge is -2.30. The fraction of sp³-hybridized carbons (Fsp3) is 0.571. The van der Waals surface area contributed by atoms with Crippen molar-refractivity contribution < 1.29 is 0 Å². The third-order valence-corrected chi connectivity index (χ3v) is 3.42. The van der Waals surface area contributed by atoms with Crippen molar-refractivity contribution in [3.8, 4) is 0 Å². The molecule has 0 spiro atoms. The largest absolute Gasteiger partial charge is 0.313 e. The fourth-order valence-electron chi connectivity index (χ4n) is 2.52. The third-order valence-electron chi connectivity index (χ3n) is 3.42. The zero-order valence-electron chi connectivity index (χ0n) is 9.58. The summed E-state index contributed by atoms with van der Waals surface area (Å²) in [6.45, 7) is 3.43. The number of hydrogen-bond donors (Lipinski definition) is 1. The summed E-state index contributed by atoms with van der Waals surface area (Å²) in [6.07, 6.45) is 5.32. The molecule has 2 atom stereocenters. The maximum atomic E-state index is 3.67. The molecule has 1 fully saturated rings. The van der Waals surface area contributed by atoms with Crippen LogP contribution in [0.2, 0.25) is 0 Å². The van der Waals surface area contributed by atoms with Crippen LogP contribution in [0.5, 0.6) is 0 Å². The Morgan fingerprint density at radius 2 is 2.00 bits per heavy atom. The van der Waals surface area contributed by atoms with Crippen LogP contribution in [0.4, 0.5) is 0 Å². The van der Waals surface area contributed by atoms with Gasteiger partial charge in [0.05, 0.1) is 0 Å². The Labute approximate surface area is 92.9 Å². The molecule has 0 aliphatic carbocycles. The van der Waals surface area contributed by atoms with E-state index < -0.39 is 0 Å². The molecule has 0 bridgehead atoms. The van der Waals surface area contributed by atoms with Gasteiger partial charge in [-0.1, -0.05) is 43.7 Å². The first kappa shape index (κ1) is 10.7. The van der Waals surface area contributed by atoms with E-state index in [2.05, 4.69) is 42.6 Å². The van der Waals surface area contributed by atoms with Crippen molar-refractivity contribution in [2.75, 3.05) is 6.54 Å². The first-order valence-corrected chi connectivity index (χ1v) is 6.18. The summed E-state index contributed by atoms with van der Waals surface area (Å²) in [5, 5.41) is 3.67. The lowest BCUT2D eigenvalue weighted by atomic mass is 9.88. The molecule has 1 aromatic rings. The van der Waals surface area contributed by atoms with Crippen LogP contribution in [0.25, 0.3) is 0 Å². The van der Waals surface area contributed by atoms with Crippen LogP contribution < -0.4 is 5.32 Å². The smallest absolute Gasteiger partial charge is 0.00674 e. The topological polar surface area (TPSA) is 12.0 Å². The second kappa shape index (κ2) is 5.32. The molecule has 0 saturated carbocycles. The van der Waals surface area contributed by atoms with Crippen LogP contribution in [0.1, 0.15) is 44.1 Å². The number of rotatable bonds is 3. The first-order chi connectivity index (χ1) is 7.40. The Kier molecular flexibility index (Phi) is 3.79. The standard InChI is InChI=1S/C14H21N/c1-2-6-14-10-9-13(11-15-14)12-7-4-3-5-8-12/h3-5,7-8,13-15H,2,6,9-11H2,1H3. The van der Waals surface area contributed by atoms with Crippen LogP contribution in [0.3, 0.4) is 0 Å². The number of piperidine rings is 1. The molecule has 1 N–H and O–H groups in total. The zero-order chi connectivity index (χ0) is 10.5. The van der Waals surface area contributed by atoms with Crippen LogP contribution >= 0.6 is 0 Å². The molecule has 1 heterocycles. The van der Waals surface area contributed by atoms with Gasteiger partial charge >= 0.3 is 0 Å². The fourth-order valence-corrected chi connectivity index (χ4v) is 2.52. The van der Waals surface area contributed by atoms with Gasteiger partial charge in [-0.3, -0.25) is 0 Å². The van der Waals surface area contributed by atoms with Crippen molar-refractivity contribution in [2.45, 2.75) is 44.6 Å². The van der Waals surface area contributed by atoms with Gasteiger partial charge in [0.25, 0.3) is 0 Å². The van der Waals surface area contributed by atoms with Crippen molar-refractivity contribution in [3.05, 3.63) is 35.9 Å². The third kappa shape index (κ3) is 2.82. The molecule has 0 amide bonds. The number of benzene rings is 1. The summed E-state index contributed by atoms with van der Waals surface area (Å²) in [6, 6.07) is 11.7. The minimum absolute atomic E-state index is 0.735. The number of nitrogens with one attached hydrogen (secondary N) is 1. The van der Waals surface area contributed by atoms with Gasteiger partial charge in [-0.05, 0) is 30.7 Å². The van der Waals surface area contributed by atoms with Gasteiger partial charge in [-0.25, -0.2) is 0 Å². The summed E-state index contributed by atoms with van der Waals surface area (Å²) in [5.74, 6) is 0.735. The molecule has 1 aromatic carbocycles. The van der Waals surface area contributed by atoms with Crippen LogP contribution in [0, 0.1) is 0 Å². The second-order valence-electron chi connectivity index (χ2n) is 4.58. The molecule has 2 unspecified atom stereocenters. The molecule has 1 aliphatic rings. The molecule has 15 heavy (non-hydrogen) atoms. The van der Waals surface area contributed by atoms with Gasteiger partial charge < -0.3 is 5.32 Å². The van der Waals surface area contributed by atoms with Gasteiger partial charge in [-0.15, -0.1) is 0 Å². The van der Waals surface area contributed by atoms with E-state index in [0.717, 1.165) is 18.5 Å². The van der Waals surface area contributed by atoms with E-state index in [1.165, 1.54) is 31.2 Å². The highest BCUT2D eigenvalue weighted by molar-refractivity contribution is 5.20. The molecule has 1 heteroatoms. The van der Waals surface area contributed by atoms with E-state index in [1.807, 2.05) is 0 Å². The van der Waals surface area contributed by atoms with Gasteiger partial charge in [0.15, 0.2) is 0 Å². The Hall–Kier alpha value is -0.820. The summed E-state index contributed by atoms with van der Waals surface area (Å²) >= 11 is 0. The minimum Gasteiger partial charge on any atom is -0.313 e. The van der Waals surface area contributed by atoms with Crippen molar-refractivity contribution in [1.29, 1.82) is 0 Å². The van der Waals surface area contributed by atoms with Gasteiger partial charge in [0, 0.05) is 12.6 Å². The molecule has 1 saturated heterocycles. The molecule has 1 aliphatic heterocycles. The molecule has 82 valence electrons. The first-order valence-electron chi connectivity index (χ1n) is 6.18. The van der Waals surface area contributed by atoms with Crippen molar-refractivity contribution in [2.24, 2.45) is 0 Å². The summed E-state index contributed by atoms with van der Waals surface area (Å²) in [4.78, 5) is 0. The van der Waals surface area contributed by atoms with E-state index in [9.17, 15) is 0 Å². The Bertz CT molecular complexity index is 273. The lowest BCUT2D eigenvalue weighted by molar-refractivity contribution is 0.349. The highest BCUT2D eigenvalue weighted by Crippen LogP contribution is 2.25. The number of hydrogen-bond acceptors (Lipinski definition) is 1. The van der Waals surface area contributed by atoms with Crippen LogP contribution in [-0.4, -0.2) is 12.6 Å². The predicted octanol–water partition coefficient (Wildman–Crippen LogP) is 3.32. The average molecular weight is 203 g/mol. The molecule has 0 radical (unpaired) electrons. The van der Waals surface area contributed by atoms with Gasteiger partial charge in [0.2, 0.25) is 0 Å². The maximum Gasteiger partial charge on any atom is 0.00674 e. The second-order valence-corrected chi connectivity index (χ2v) is 4.58. The van der Waals surface area contributed by atoms with Crippen LogP contribution in [0.15, 0.2) is 30.3 Å². The highest BCUT2D eigenvalue weighted by Gasteiger charge is 2.20. The molecule has 1 nitrogen and oxygen atoms in total. The Balaban J connectivity index is 1.88. The SMILES string of the molecule is CCCC1CCC(c2ccccc2)CN1. The Morgan fingerprint density at radius 3 is 2.60 bits per heavy atom. The summed E-state index contributed by atoms with van der Waals surface area (Å²) in [5.41, 5.74) is 1.50. The van der Waals surface area contributed by atoms with Gasteiger partial charge in [0.1, 0.15) is 0 Å². The van der Waals surface area contributed by atoms with Crippen molar-refractivity contribution in [1.82, 2.24) is 5.32 Å². The maximum absolute atomic E-state index is 3.67. The van der Waals surface area contributed by atoms with Gasteiger partial charge in [-0.2, -0.15) is 0 Å². The van der Waals surface area contributed by atoms with E-state index in [0.29, 0.717) is 0 Å². The molecule has 2 rings (SSSR count). The predicted molar refractivity (Wildman–Crippen MR) is 65.1 cm³/mol. The van der Waals surface area contributed by atoms with E-state index in [1.54, 1.807) is 0 Å².